The quantitative estimate of drug-likeness (QED) is 0.626. The molecule has 0 aliphatic carbocycles. The Morgan fingerprint density at radius 3 is 2.67 bits per heavy atom. The van der Waals surface area contributed by atoms with Gasteiger partial charge in [-0.25, -0.2) is 8.78 Å². The van der Waals surface area contributed by atoms with E-state index in [1.54, 1.807) is 0 Å². The highest BCUT2D eigenvalue weighted by molar-refractivity contribution is 4.83. The summed E-state index contributed by atoms with van der Waals surface area (Å²) in [6, 6.07) is 0.0497. The highest BCUT2D eigenvalue weighted by Crippen LogP contribution is 2.31. The molecule has 1 rings (SSSR count). The number of rotatable bonds is 2. The highest BCUT2D eigenvalue weighted by atomic mass is 19.3. The van der Waals surface area contributed by atoms with Crippen LogP contribution in [-0.2, 0) is 0 Å². The molecule has 3 heteroatoms. The number of likely N-dealkylation sites (tertiary alicyclic amines) is 1. The largest absolute Gasteiger partial charge is 0.300 e. The van der Waals surface area contributed by atoms with Gasteiger partial charge < -0.3 is 4.90 Å². The standard InChI is InChI=1S/C9H17F2N/c1-3-5-12-6-4-9(10,11)7-8(12)2/h8H,3-7H2,1-2H3. The van der Waals surface area contributed by atoms with Gasteiger partial charge in [-0.3, -0.25) is 0 Å². The van der Waals surface area contributed by atoms with Crippen molar-refractivity contribution in [2.75, 3.05) is 13.1 Å². The third kappa shape index (κ3) is 2.41. The summed E-state index contributed by atoms with van der Waals surface area (Å²) in [4.78, 5) is 2.15. The van der Waals surface area contributed by atoms with Crippen LogP contribution in [0.1, 0.15) is 33.1 Å². The van der Waals surface area contributed by atoms with Crippen LogP contribution in [0.3, 0.4) is 0 Å². The minimum Gasteiger partial charge on any atom is -0.300 e. The van der Waals surface area contributed by atoms with E-state index in [0.717, 1.165) is 13.0 Å². The molecule has 1 nitrogen and oxygen atoms in total. The zero-order valence-electron chi connectivity index (χ0n) is 7.82. The van der Waals surface area contributed by atoms with Crippen molar-refractivity contribution in [2.45, 2.75) is 45.1 Å². The average molecular weight is 177 g/mol. The molecule has 1 unspecified atom stereocenters. The molecule has 0 aromatic carbocycles. The van der Waals surface area contributed by atoms with Gasteiger partial charge in [0.05, 0.1) is 0 Å². The summed E-state index contributed by atoms with van der Waals surface area (Å²) in [7, 11) is 0. The maximum absolute atomic E-state index is 12.8. The van der Waals surface area contributed by atoms with Crippen LogP contribution in [0.4, 0.5) is 8.78 Å². The monoisotopic (exact) mass is 177 g/mol. The maximum atomic E-state index is 12.8. The van der Waals surface area contributed by atoms with E-state index in [-0.39, 0.29) is 18.9 Å². The summed E-state index contributed by atoms with van der Waals surface area (Å²) in [5, 5.41) is 0. The lowest BCUT2D eigenvalue weighted by Gasteiger charge is -2.37. The number of halogens is 2. The van der Waals surface area contributed by atoms with Crippen LogP contribution in [-0.4, -0.2) is 30.0 Å². The third-order valence-electron chi connectivity index (χ3n) is 2.49. The van der Waals surface area contributed by atoms with Crippen molar-refractivity contribution in [3.05, 3.63) is 0 Å². The molecular weight excluding hydrogens is 160 g/mol. The molecular formula is C9H17F2N. The van der Waals surface area contributed by atoms with Gasteiger partial charge in [0.15, 0.2) is 0 Å². The lowest BCUT2D eigenvalue weighted by atomic mass is 10.00. The molecule has 0 spiro atoms. The number of piperidine rings is 1. The zero-order chi connectivity index (χ0) is 9.19. The van der Waals surface area contributed by atoms with E-state index >= 15 is 0 Å². The Hall–Kier alpha value is -0.180. The Morgan fingerprint density at radius 1 is 1.50 bits per heavy atom. The van der Waals surface area contributed by atoms with Crippen molar-refractivity contribution >= 4 is 0 Å². The van der Waals surface area contributed by atoms with E-state index in [2.05, 4.69) is 11.8 Å². The zero-order valence-corrected chi connectivity index (χ0v) is 7.82. The lowest BCUT2D eigenvalue weighted by molar-refractivity contribution is -0.0743. The number of hydrogen-bond donors (Lipinski definition) is 0. The second kappa shape index (κ2) is 3.69. The Bertz CT molecular complexity index is 147. The van der Waals surface area contributed by atoms with Crippen molar-refractivity contribution in [2.24, 2.45) is 0 Å². The first-order valence-corrected chi connectivity index (χ1v) is 4.67. The Labute approximate surface area is 72.7 Å². The van der Waals surface area contributed by atoms with Crippen LogP contribution in [0, 0.1) is 0 Å². The van der Waals surface area contributed by atoms with E-state index in [4.69, 9.17) is 0 Å². The van der Waals surface area contributed by atoms with E-state index in [1.165, 1.54) is 0 Å². The van der Waals surface area contributed by atoms with Gasteiger partial charge in [-0.1, -0.05) is 6.92 Å². The van der Waals surface area contributed by atoms with Gasteiger partial charge in [0.1, 0.15) is 0 Å². The fraction of sp³-hybridized carbons (Fsp3) is 1.00. The van der Waals surface area contributed by atoms with Crippen LogP contribution < -0.4 is 0 Å². The van der Waals surface area contributed by atoms with Crippen molar-refractivity contribution in [1.29, 1.82) is 0 Å². The lowest BCUT2D eigenvalue weighted by Crippen LogP contribution is -2.45. The normalized spacial score (nSPS) is 30.5. The summed E-state index contributed by atoms with van der Waals surface area (Å²) >= 11 is 0. The SMILES string of the molecule is CCCN1CCC(F)(F)CC1C. The Kier molecular flexibility index (Phi) is 3.04. The molecule has 1 heterocycles. The first-order valence-electron chi connectivity index (χ1n) is 4.67. The van der Waals surface area contributed by atoms with Crippen molar-refractivity contribution < 1.29 is 8.78 Å². The van der Waals surface area contributed by atoms with Crippen molar-refractivity contribution in [1.82, 2.24) is 4.90 Å². The molecule has 1 fully saturated rings. The van der Waals surface area contributed by atoms with E-state index in [0.29, 0.717) is 6.54 Å². The van der Waals surface area contributed by atoms with E-state index in [1.807, 2.05) is 6.92 Å². The molecule has 0 amide bonds. The predicted octanol–water partition coefficient (Wildman–Crippen LogP) is 2.52. The molecule has 0 saturated carbocycles. The van der Waals surface area contributed by atoms with Crippen LogP contribution in [0.5, 0.6) is 0 Å². The third-order valence-corrected chi connectivity index (χ3v) is 2.49. The molecule has 1 atom stereocenters. The first-order chi connectivity index (χ1) is 5.55. The molecule has 0 aromatic heterocycles. The second-order valence-corrected chi connectivity index (χ2v) is 3.70. The molecule has 1 aliphatic heterocycles. The molecule has 0 radical (unpaired) electrons. The summed E-state index contributed by atoms with van der Waals surface area (Å²) in [5.41, 5.74) is 0. The first kappa shape index (κ1) is 9.90. The fourth-order valence-corrected chi connectivity index (χ4v) is 1.81. The highest BCUT2D eigenvalue weighted by Gasteiger charge is 2.37. The minimum atomic E-state index is -2.41. The Morgan fingerprint density at radius 2 is 2.17 bits per heavy atom. The van der Waals surface area contributed by atoms with Gasteiger partial charge in [0.25, 0.3) is 5.92 Å². The topological polar surface area (TPSA) is 3.24 Å². The van der Waals surface area contributed by atoms with Gasteiger partial charge in [-0.2, -0.15) is 0 Å². The fourth-order valence-electron chi connectivity index (χ4n) is 1.81. The Balaban J connectivity index is 2.42. The van der Waals surface area contributed by atoms with Crippen LogP contribution >= 0.6 is 0 Å². The predicted molar refractivity (Wildman–Crippen MR) is 45.5 cm³/mol. The molecule has 1 saturated heterocycles. The number of nitrogens with zero attached hydrogens (tertiary/aromatic N) is 1. The van der Waals surface area contributed by atoms with Gasteiger partial charge >= 0.3 is 0 Å². The van der Waals surface area contributed by atoms with Gasteiger partial charge in [-0.15, -0.1) is 0 Å². The molecule has 1 aliphatic rings. The minimum absolute atomic E-state index is 0.0347. The van der Waals surface area contributed by atoms with E-state index in [9.17, 15) is 8.78 Å². The van der Waals surface area contributed by atoms with Gasteiger partial charge in [-0.05, 0) is 19.9 Å². The number of hydrogen-bond acceptors (Lipinski definition) is 1. The van der Waals surface area contributed by atoms with Crippen molar-refractivity contribution in [3.8, 4) is 0 Å². The van der Waals surface area contributed by atoms with Crippen LogP contribution in [0.2, 0.25) is 0 Å². The summed E-state index contributed by atoms with van der Waals surface area (Å²) in [6.07, 6.45) is 1.13. The van der Waals surface area contributed by atoms with Gasteiger partial charge in [0.2, 0.25) is 0 Å². The molecule has 72 valence electrons. The summed E-state index contributed by atoms with van der Waals surface area (Å²) in [5.74, 6) is -2.41. The summed E-state index contributed by atoms with van der Waals surface area (Å²) in [6.45, 7) is 5.49. The van der Waals surface area contributed by atoms with Crippen LogP contribution in [0.25, 0.3) is 0 Å². The maximum Gasteiger partial charge on any atom is 0.250 e. The van der Waals surface area contributed by atoms with Crippen molar-refractivity contribution in [3.63, 3.8) is 0 Å². The van der Waals surface area contributed by atoms with E-state index < -0.39 is 5.92 Å². The number of alkyl halides is 2. The second-order valence-electron chi connectivity index (χ2n) is 3.70. The molecule has 0 bridgehead atoms. The molecule has 0 N–H and O–H groups in total. The average Bonchev–Trinajstić information content (AvgIpc) is 1.94. The van der Waals surface area contributed by atoms with Gasteiger partial charge in [0, 0.05) is 25.4 Å². The summed E-state index contributed by atoms with van der Waals surface area (Å²) < 4.78 is 25.7. The van der Waals surface area contributed by atoms with Crippen LogP contribution in [0.15, 0.2) is 0 Å². The molecule has 0 aromatic rings. The smallest absolute Gasteiger partial charge is 0.250 e. The molecule has 12 heavy (non-hydrogen) atoms.